The van der Waals surface area contributed by atoms with Gasteiger partial charge in [0.1, 0.15) is 0 Å². The van der Waals surface area contributed by atoms with Crippen LogP contribution in [0.1, 0.15) is 52.9 Å². The van der Waals surface area contributed by atoms with Gasteiger partial charge < -0.3 is 4.90 Å². The summed E-state index contributed by atoms with van der Waals surface area (Å²) in [7, 11) is 1.94. The van der Waals surface area contributed by atoms with Gasteiger partial charge in [-0.1, -0.05) is 35.7 Å². The van der Waals surface area contributed by atoms with Crippen LogP contribution in [0.5, 0.6) is 0 Å². The van der Waals surface area contributed by atoms with Gasteiger partial charge in [-0.05, 0) is 33.1 Å². The van der Waals surface area contributed by atoms with Crippen molar-refractivity contribution in [3.63, 3.8) is 0 Å². The molecule has 0 aromatic rings. The van der Waals surface area contributed by atoms with Crippen molar-refractivity contribution in [3.8, 4) is 0 Å². The van der Waals surface area contributed by atoms with Crippen molar-refractivity contribution < 1.29 is 4.79 Å². The molecule has 16 heavy (non-hydrogen) atoms. The monoisotopic (exact) mass is 289 g/mol. The maximum atomic E-state index is 12.6. The van der Waals surface area contributed by atoms with Gasteiger partial charge in [-0.3, -0.25) is 4.79 Å². The van der Waals surface area contributed by atoms with Crippen LogP contribution in [0.4, 0.5) is 0 Å². The quantitative estimate of drug-likeness (QED) is 0.725. The Morgan fingerprint density at radius 3 is 2.25 bits per heavy atom. The third-order valence-corrected chi connectivity index (χ3v) is 5.60. The van der Waals surface area contributed by atoms with Crippen LogP contribution >= 0.6 is 15.9 Å². The van der Waals surface area contributed by atoms with Gasteiger partial charge >= 0.3 is 0 Å². The maximum absolute atomic E-state index is 12.6. The molecule has 0 aliphatic heterocycles. The number of alkyl halides is 1. The van der Waals surface area contributed by atoms with Crippen LogP contribution in [0.3, 0.4) is 0 Å². The molecule has 1 fully saturated rings. The summed E-state index contributed by atoms with van der Waals surface area (Å²) in [6.45, 7) is 6.37. The Hall–Kier alpha value is -0.0500. The van der Waals surface area contributed by atoms with Gasteiger partial charge in [0, 0.05) is 23.3 Å². The number of carbonyl (C=O) groups excluding carboxylic acids is 1. The second kappa shape index (κ2) is 5.07. The minimum Gasteiger partial charge on any atom is -0.339 e. The van der Waals surface area contributed by atoms with Gasteiger partial charge in [0.15, 0.2) is 0 Å². The molecule has 0 N–H and O–H groups in total. The molecule has 3 heteroatoms. The zero-order valence-corrected chi connectivity index (χ0v) is 12.6. The normalized spacial score (nSPS) is 19.8. The first-order chi connectivity index (χ1) is 7.39. The molecule has 1 aliphatic rings. The Kier molecular flexibility index (Phi) is 4.44. The predicted octanol–water partition coefficient (Wildman–Crippen LogP) is 3.59. The van der Waals surface area contributed by atoms with Crippen LogP contribution in [-0.2, 0) is 4.79 Å². The number of rotatable bonds is 4. The van der Waals surface area contributed by atoms with E-state index in [9.17, 15) is 4.79 Å². The van der Waals surface area contributed by atoms with Gasteiger partial charge in [0.25, 0.3) is 0 Å². The Labute approximate surface area is 108 Å². The summed E-state index contributed by atoms with van der Waals surface area (Å²) in [6, 6.07) is 0. The van der Waals surface area contributed by atoms with Gasteiger partial charge in [0.05, 0.1) is 0 Å². The van der Waals surface area contributed by atoms with Crippen LogP contribution in [0.25, 0.3) is 0 Å². The van der Waals surface area contributed by atoms with Gasteiger partial charge in [-0.2, -0.15) is 0 Å². The highest BCUT2D eigenvalue weighted by Crippen LogP contribution is 2.43. The van der Waals surface area contributed by atoms with Gasteiger partial charge in [-0.15, -0.1) is 0 Å². The number of carbonyl (C=O) groups is 1. The Morgan fingerprint density at radius 1 is 1.38 bits per heavy atom. The molecule has 0 saturated heterocycles. The third kappa shape index (κ3) is 2.44. The fraction of sp³-hybridized carbons (Fsp3) is 0.923. The fourth-order valence-corrected chi connectivity index (χ4v) is 2.87. The Morgan fingerprint density at radius 2 is 1.88 bits per heavy atom. The van der Waals surface area contributed by atoms with Crippen LogP contribution in [0.15, 0.2) is 0 Å². The minimum atomic E-state index is -0.0954. The minimum absolute atomic E-state index is 0.0613. The second-order valence-corrected chi connectivity index (χ2v) is 6.21. The molecule has 0 aromatic heterocycles. The summed E-state index contributed by atoms with van der Waals surface area (Å²) in [5, 5.41) is 0.821. The average Bonchev–Trinajstić information content (AvgIpc) is 2.76. The molecule has 0 atom stereocenters. The molecule has 1 aliphatic carbocycles. The average molecular weight is 290 g/mol. The highest BCUT2D eigenvalue weighted by Gasteiger charge is 2.43. The Balaban J connectivity index is 2.84. The predicted molar refractivity (Wildman–Crippen MR) is 71.8 cm³/mol. The summed E-state index contributed by atoms with van der Waals surface area (Å²) in [6.07, 6.45) is 5.55. The molecule has 0 heterocycles. The molecule has 1 saturated carbocycles. The smallest absolute Gasteiger partial charge is 0.228 e. The summed E-state index contributed by atoms with van der Waals surface area (Å²) in [4.78, 5) is 14.6. The molecule has 0 radical (unpaired) electrons. The standard InChI is InChI=1S/C13H24BrNO/c1-5-13(8-6-7-9-13)11(16)15(4)12(2,3)10-14/h5-10H2,1-4H3. The molecule has 0 spiro atoms. The molecule has 2 nitrogen and oxygen atoms in total. The zero-order valence-electron chi connectivity index (χ0n) is 11.0. The fourth-order valence-electron chi connectivity index (χ4n) is 2.49. The van der Waals surface area contributed by atoms with Crippen molar-refractivity contribution in [2.24, 2.45) is 5.41 Å². The molecule has 1 rings (SSSR count). The first-order valence-corrected chi connectivity index (χ1v) is 7.36. The van der Waals surface area contributed by atoms with E-state index in [1.807, 2.05) is 11.9 Å². The lowest BCUT2D eigenvalue weighted by molar-refractivity contribution is -0.145. The van der Waals surface area contributed by atoms with Crippen molar-refractivity contribution in [1.82, 2.24) is 4.90 Å². The van der Waals surface area contributed by atoms with Crippen molar-refractivity contribution in [1.29, 1.82) is 0 Å². The molecular formula is C13H24BrNO. The van der Waals surface area contributed by atoms with E-state index in [0.717, 1.165) is 24.6 Å². The highest BCUT2D eigenvalue weighted by molar-refractivity contribution is 9.09. The van der Waals surface area contributed by atoms with Crippen molar-refractivity contribution >= 4 is 21.8 Å². The first kappa shape index (κ1) is 14.0. The van der Waals surface area contributed by atoms with E-state index < -0.39 is 0 Å². The van der Waals surface area contributed by atoms with Gasteiger partial charge in [-0.25, -0.2) is 0 Å². The number of halogens is 1. The summed E-state index contributed by atoms with van der Waals surface area (Å²) >= 11 is 3.49. The van der Waals surface area contributed by atoms with E-state index in [2.05, 4.69) is 36.7 Å². The van der Waals surface area contributed by atoms with Crippen LogP contribution in [-0.4, -0.2) is 28.7 Å². The van der Waals surface area contributed by atoms with Gasteiger partial charge in [0.2, 0.25) is 5.91 Å². The molecule has 0 aromatic carbocycles. The zero-order chi connectivity index (χ0) is 12.4. The maximum Gasteiger partial charge on any atom is 0.228 e. The van der Waals surface area contributed by atoms with E-state index in [4.69, 9.17) is 0 Å². The molecular weight excluding hydrogens is 266 g/mol. The number of nitrogens with zero attached hydrogens (tertiary/aromatic N) is 1. The van der Waals surface area contributed by atoms with E-state index >= 15 is 0 Å². The molecule has 94 valence electrons. The highest BCUT2D eigenvalue weighted by atomic mass is 79.9. The van der Waals surface area contributed by atoms with Crippen LogP contribution < -0.4 is 0 Å². The number of hydrogen-bond acceptors (Lipinski definition) is 1. The second-order valence-electron chi connectivity index (χ2n) is 5.65. The van der Waals surface area contributed by atoms with Crippen molar-refractivity contribution in [3.05, 3.63) is 0 Å². The SMILES string of the molecule is CCC1(C(=O)N(C)C(C)(C)CBr)CCCC1. The topological polar surface area (TPSA) is 20.3 Å². The van der Waals surface area contributed by atoms with E-state index in [1.54, 1.807) is 0 Å². The lowest BCUT2D eigenvalue weighted by Gasteiger charge is -2.40. The number of hydrogen-bond donors (Lipinski definition) is 0. The molecule has 0 bridgehead atoms. The van der Waals surface area contributed by atoms with E-state index in [-0.39, 0.29) is 11.0 Å². The summed E-state index contributed by atoms with van der Waals surface area (Å²) in [5.41, 5.74) is -0.157. The van der Waals surface area contributed by atoms with Crippen molar-refractivity contribution in [2.75, 3.05) is 12.4 Å². The summed E-state index contributed by atoms with van der Waals surface area (Å²) < 4.78 is 0. The van der Waals surface area contributed by atoms with E-state index in [1.165, 1.54) is 12.8 Å². The molecule has 1 amide bonds. The Bertz CT molecular complexity index is 257. The lowest BCUT2D eigenvalue weighted by atomic mass is 9.81. The number of amides is 1. The third-order valence-electron chi connectivity index (χ3n) is 4.23. The van der Waals surface area contributed by atoms with E-state index in [0.29, 0.717) is 5.91 Å². The van der Waals surface area contributed by atoms with Crippen LogP contribution in [0.2, 0.25) is 0 Å². The summed E-state index contributed by atoms with van der Waals surface area (Å²) in [5.74, 6) is 0.344. The van der Waals surface area contributed by atoms with Crippen molar-refractivity contribution in [2.45, 2.75) is 58.4 Å². The molecule has 0 unspecified atom stereocenters. The van der Waals surface area contributed by atoms with Crippen LogP contribution in [0, 0.1) is 5.41 Å². The first-order valence-electron chi connectivity index (χ1n) is 6.24. The largest absolute Gasteiger partial charge is 0.339 e. The lowest BCUT2D eigenvalue weighted by Crippen LogP contribution is -2.51.